The normalized spacial score (nSPS) is 12.8. The van der Waals surface area contributed by atoms with E-state index in [2.05, 4.69) is 39.0 Å². The molecule has 0 saturated heterocycles. The molecule has 0 aliphatic rings. The van der Waals surface area contributed by atoms with Gasteiger partial charge in [0.05, 0.1) is 6.26 Å². The van der Waals surface area contributed by atoms with Crippen LogP contribution in [0.25, 0.3) is 0 Å². The third kappa shape index (κ3) is 8.99. The summed E-state index contributed by atoms with van der Waals surface area (Å²) >= 11 is 0. The molecule has 14 heteroatoms. The highest BCUT2D eigenvalue weighted by Crippen LogP contribution is 2.21. The Bertz CT molecular complexity index is 1440. The van der Waals surface area contributed by atoms with Crippen molar-refractivity contribution in [1.29, 1.82) is 0 Å². The molecule has 11 nitrogen and oxygen atoms in total. The Kier molecular flexibility index (Phi) is 10.4. The van der Waals surface area contributed by atoms with Crippen LogP contribution in [-0.2, 0) is 14.8 Å². The van der Waals surface area contributed by atoms with Crippen LogP contribution in [0, 0.1) is 23.7 Å². The lowest BCUT2D eigenvalue weighted by atomic mass is 9.91. The zero-order chi connectivity index (χ0) is 29.2. The SMILES string of the molecule is CNC(=O)NC(C)(C(F)F)[C@H](NC(=O)c1ccc(C#CC#Cc2ccc(NS(C)(=O)=O)cc2)cc1)C(=O)NO. The molecule has 0 aromatic heterocycles. The number of hydroxylamine groups is 1. The lowest BCUT2D eigenvalue weighted by molar-refractivity contribution is -0.135. The van der Waals surface area contributed by atoms with Gasteiger partial charge in [0.2, 0.25) is 10.0 Å². The maximum absolute atomic E-state index is 13.9. The molecule has 39 heavy (non-hydrogen) atoms. The van der Waals surface area contributed by atoms with Crippen molar-refractivity contribution in [3.63, 3.8) is 0 Å². The second-order valence-electron chi connectivity index (χ2n) is 8.20. The minimum absolute atomic E-state index is 0.0123. The molecule has 0 aliphatic carbocycles. The van der Waals surface area contributed by atoms with Crippen molar-refractivity contribution in [2.75, 3.05) is 18.0 Å². The number of hydrogen-bond acceptors (Lipinski definition) is 6. The number of rotatable bonds is 8. The van der Waals surface area contributed by atoms with Crippen LogP contribution in [0.15, 0.2) is 48.5 Å². The molecule has 2 aromatic rings. The van der Waals surface area contributed by atoms with Gasteiger partial charge in [0.1, 0.15) is 11.6 Å². The van der Waals surface area contributed by atoms with Crippen molar-refractivity contribution in [1.82, 2.24) is 21.4 Å². The predicted molar refractivity (Wildman–Crippen MR) is 138 cm³/mol. The van der Waals surface area contributed by atoms with E-state index in [1.165, 1.54) is 36.8 Å². The Hall–Kier alpha value is -4.66. The van der Waals surface area contributed by atoms with Crippen LogP contribution in [0.3, 0.4) is 0 Å². The van der Waals surface area contributed by atoms with Gasteiger partial charge in [0, 0.05) is 29.4 Å². The molecule has 6 N–H and O–H groups in total. The van der Waals surface area contributed by atoms with E-state index in [1.807, 2.05) is 5.32 Å². The summed E-state index contributed by atoms with van der Waals surface area (Å²) in [5.74, 6) is 8.53. The van der Waals surface area contributed by atoms with Gasteiger partial charge in [-0.1, -0.05) is 11.8 Å². The number of hydrogen-bond donors (Lipinski definition) is 6. The quantitative estimate of drug-likeness (QED) is 0.160. The van der Waals surface area contributed by atoms with E-state index >= 15 is 0 Å². The molecule has 0 saturated carbocycles. The molecular weight excluding hydrogens is 536 g/mol. The number of benzene rings is 2. The van der Waals surface area contributed by atoms with E-state index in [4.69, 9.17) is 5.21 Å². The summed E-state index contributed by atoms with van der Waals surface area (Å²) in [6.07, 6.45) is -2.27. The summed E-state index contributed by atoms with van der Waals surface area (Å²) in [5, 5.41) is 15.1. The average molecular weight is 562 g/mol. The summed E-state index contributed by atoms with van der Waals surface area (Å²) in [4.78, 5) is 36.5. The summed E-state index contributed by atoms with van der Waals surface area (Å²) < 4.78 is 52.5. The molecule has 0 aliphatic heterocycles. The van der Waals surface area contributed by atoms with E-state index in [9.17, 15) is 31.6 Å². The van der Waals surface area contributed by atoms with Crippen LogP contribution in [0.5, 0.6) is 0 Å². The average Bonchev–Trinajstić information content (AvgIpc) is 2.89. The number of carbonyl (C=O) groups is 3. The third-order valence-electron chi connectivity index (χ3n) is 5.12. The Balaban J connectivity index is 2.14. The lowest BCUT2D eigenvalue weighted by Crippen LogP contribution is -2.69. The van der Waals surface area contributed by atoms with Crippen molar-refractivity contribution in [2.45, 2.75) is 24.9 Å². The number of urea groups is 1. The highest BCUT2D eigenvalue weighted by Gasteiger charge is 2.48. The topological polar surface area (TPSA) is 166 Å². The molecule has 0 bridgehead atoms. The first-order valence-corrected chi connectivity index (χ1v) is 12.9. The fourth-order valence-corrected chi connectivity index (χ4v) is 3.64. The van der Waals surface area contributed by atoms with E-state index < -0.39 is 45.9 Å². The Labute approximate surface area is 223 Å². The smallest absolute Gasteiger partial charge is 0.315 e. The number of anilines is 1. The van der Waals surface area contributed by atoms with Gasteiger partial charge in [-0.2, -0.15) is 0 Å². The minimum atomic E-state index is -3.39. The van der Waals surface area contributed by atoms with Crippen molar-refractivity contribution in [2.24, 2.45) is 0 Å². The molecule has 1 unspecified atom stereocenters. The van der Waals surface area contributed by atoms with E-state index in [1.54, 1.807) is 24.3 Å². The third-order valence-corrected chi connectivity index (χ3v) is 5.73. The zero-order valence-corrected chi connectivity index (χ0v) is 21.7. The fourth-order valence-electron chi connectivity index (χ4n) is 3.07. The molecule has 2 rings (SSSR count). The summed E-state index contributed by atoms with van der Waals surface area (Å²) in [5.41, 5.74) is 0.0902. The first kappa shape index (κ1) is 30.6. The summed E-state index contributed by atoms with van der Waals surface area (Å²) in [7, 11) is -2.21. The second kappa shape index (κ2) is 13.2. The van der Waals surface area contributed by atoms with E-state index in [0.29, 0.717) is 16.8 Å². The zero-order valence-electron chi connectivity index (χ0n) is 20.9. The first-order valence-electron chi connectivity index (χ1n) is 11.0. The summed E-state index contributed by atoms with van der Waals surface area (Å²) in [6.45, 7) is 0.841. The highest BCUT2D eigenvalue weighted by molar-refractivity contribution is 7.92. The number of sulfonamides is 1. The predicted octanol–water partition coefficient (Wildman–Crippen LogP) is 1.02. The molecule has 0 heterocycles. The van der Waals surface area contributed by atoms with Crippen LogP contribution in [0.1, 0.15) is 28.4 Å². The van der Waals surface area contributed by atoms with Crippen molar-refractivity contribution in [3.05, 3.63) is 65.2 Å². The van der Waals surface area contributed by atoms with Gasteiger partial charge in [-0.3, -0.25) is 19.5 Å². The van der Waals surface area contributed by atoms with Gasteiger partial charge in [0.15, 0.2) is 0 Å². The van der Waals surface area contributed by atoms with Crippen molar-refractivity contribution >= 4 is 33.6 Å². The van der Waals surface area contributed by atoms with Crippen molar-refractivity contribution < 1.29 is 36.8 Å². The van der Waals surface area contributed by atoms with Crippen LogP contribution < -0.4 is 26.2 Å². The van der Waals surface area contributed by atoms with Gasteiger partial charge < -0.3 is 16.0 Å². The molecule has 0 radical (unpaired) electrons. The molecule has 2 aromatic carbocycles. The van der Waals surface area contributed by atoms with E-state index in [0.717, 1.165) is 13.2 Å². The molecule has 4 amide bonds. The Morgan fingerprint density at radius 3 is 1.90 bits per heavy atom. The van der Waals surface area contributed by atoms with Crippen LogP contribution in [0.4, 0.5) is 19.3 Å². The van der Waals surface area contributed by atoms with Gasteiger partial charge in [-0.15, -0.1) is 0 Å². The van der Waals surface area contributed by atoms with Crippen molar-refractivity contribution in [3.8, 4) is 23.7 Å². The summed E-state index contributed by atoms with van der Waals surface area (Å²) in [6, 6.07) is 8.85. The maximum atomic E-state index is 13.9. The monoisotopic (exact) mass is 561 g/mol. The van der Waals surface area contributed by atoms with Crippen LogP contribution in [-0.4, -0.2) is 62.8 Å². The van der Waals surface area contributed by atoms with Gasteiger partial charge in [0.25, 0.3) is 18.2 Å². The maximum Gasteiger partial charge on any atom is 0.315 e. The second-order valence-corrected chi connectivity index (χ2v) is 9.95. The van der Waals surface area contributed by atoms with E-state index in [-0.39, 0.29) is 5.56 Å². The molecule has 2 atom stereocenters. The van der Waals surface area contributed by atoms with Crippen LogP contribution in [0.2, 0.25) is 0 Å². The fraction of sp³-hybridized carbons (Fsp3) is 0.240. The van der Waals surface area contributed by atoms with Gasteiger partial charge >= 0.3 is 6.03 Å². The van der Waals surface area contributed by atoms with Gasteiger partial charge in [-0.25, -0.2) is 27.5 Å². The Morgan fingerprint density at radius 1 is 0.949 bits per heavy atom. The highest BCUT2D eigenvalue weighted by atomic mass is 32.2. The number of halogens is 2. The number of nitrogens with one attached hydrogen (secondary N) is 5. The number of amides is 4. The largest absolute Gasteiger partial charge is 0.341 e. The molecular formula is C25H25F2N5O6S. The number of alkyl halides is 2. The number of carbonyl (C=O) groups excluding carboxylic acids is 3. The van der Waals surface area contributed by atoms with Crippen LogP contribution >= 0.6 is 0 Å². The minimum Gasteiger partial charge on any atom is -0.341 e. The molecule has 0 spiro atoms. The standard InChI is InChI=1S/C25H25F2N5O6S/c1-25(23(26)27,30-24(35)28-2)20(22(34)31-36)29-21(33)18-12-8-16(9-13-18)6-4-5-7-17-10-14-19(15-11-17)32-39(3,37)38/h8-15,20,23,32,36H,1-3H3,(H,29,33)(H,31,34)(H2,28,30,35)/t20-,25?/m1/s1. The molecule has 0 fully saturated rings. The Morgan fingerprint density at radius 2 is 1.46 bits per heavy atom. The molecule has 206 valence electrons. The first-order chi connectivity index (χ1) is 18.3. The lowest BCUT2D eigenvalue weighted by Gasteiger charge is -2.36. The van der Waals surface area contributed by atoms with Gasteiger partial charge in [-0.05, 0) is 67.3 Å².